The summed E-state index contributed by atoms with van der Waals surface area (Å²) in [6.45, 7) is 13.6. The van der Waals surface area contributed by atoms with Crippen molar-refractivity contribution in [2.24, 2.45) is 5.73 Å². The molecule has 0 aliphatic carbocycles. The van der Waals surface area contributed by atoms with Gasteiger partial charge in [0.2, 0.25) is 9.84 Å². The Morgan fingerprint density at radius 2 is 1.72 bits per heavy atom. The van der Waals surface area contributed by atoms with E-state index < -0.39 is 36.1 Å². The van der Waals surface area contributed by atoms with Crippen LogP contribution in [0.2, 0.25) is 18.1 Å². The molecule has 5 aromatic carbocycles. The zero-order chi connectivity index (χ0) is 48.3. The highest BCUT2D eigenvalue weighted by Gasteiger charge is 2.40. The number of methoxy groups -OCH3 is 1. The summed E-state index contributed by atoms with van der Waals surface area (Å²) >= 11 is 0. The summed E-state index contributed by atoms with van der Waals surface area (Å²) in [5.74, 6) is -0.648. The first kappa shape index (κ1) is 48.1. The molecule has 17 heteroatoms. The van der Waals surface area contributed by atoms with E-state index >= 15 is 0 Å². The third-order valence-electron chi connectivity index (χ3n) is 12.2. The Balaban J connectivity index is 1.00. The zero-order valence-electron chi connectivity index (χ0n) is 38.6. The minimum Gasteiger partial charge on any atom is -0.506 e. The van der Waals surface area contributed by atoms with Gasteiger partial charge >= 0.3 is 0 Å². The fourth-order valence-electron chi connectivity index (χ4n) is 7.50. The molecule has 3 amide bonds. The lowest BCUT2D eigenvalue weighted by atomic mass is 10.0. The summed E-state index contributed by atoms with van der Waals surface area (Å²) in [4.78, 5) is 42.5. The minimum absolute atomic E-state index is 0.0565. The molecule has 0 radical (unpaired) electrons. The van der Waals surface area contributed by atoms with E-state index in [0.29, 0.717) is 52.4 Å². The molecule has 350 valence electrons. The van der Waals surface area contributed by atoms with Crippen LogP contribution in [0.4, 0.5) is 22.7 Å². The summed E-state index contributed by atoms with van der Waals surface area (Å²) in [5, 5.41) is 23.1. The van der Waals surface area contributed by atoms with Crippen molar-refractivity contribution in [1.29, 1.82) is 0 Å². The van der Waals surface area contributed by atoms with Gasteiger partial charge in [0, 0.05) is 46.7 Å². The Hall–Kier alpha value is -6.79. The number of carbonyl (C=O) groups is 3. The van der Waals surface area contributed by atoms with Crippen molar-refractivity contribution < 1.29 is 41.8 Å². The number of phenolic OH excluding ortho intramolecular Hbond substituents is 1. The van der Waals surface area contributed by atoms with E-state index in [2.05, 4.69) is 60.1 Å². The molecule has 0 spiro atoms. The zero-order valence-corrected chi connectivity index (χ0v) is 40.4. The molecule has 67 heavy (non-hydrogen) atoms. The van der Waals surface area contributed by atoms with Gasteiger partial charge in [-0.25, -0.2) is 8.42 Å². The summed E-state index contributed by atoms with van der Waals surface area (Å²) in [7, 11) is -4.91. The number of phenols is 1. The predicted octanol–water partition coefficient (Wildman–Crippen LogP) is 8.80. The largest absolute Gasteiger partial charge is 0.506 e. The Bertz CT molecular complexity index is 2970. The Labute approximate surface area is 391 Å². The van der Waals surface area contributed by atoms with Gasteiger partial charge in [0.25, 0.3) is 17.7 Å². The Morgan fingerprint density at radius 1 is 0.970 bits per heavy atom. The van der Waals surface area contributed by atoms with Crippen LogP contribution in [-0.4, -0.2) is 71.4 Å². The second kappa shape index (κ2) is 19.6. The van der Waals surface area contributed by atoms with Crippen LogP contribution >= 0.6 is 0 Å². The quantitative estimate of drug-likeness (QED) is 0.0287. The Morgan fingerprint density at radius 3 is 2.43 bits per heavy atom. The van der Waals surface area contributed by atoms with E-state index in [4.69, 9.17) is 19.6 Å². The number of fused-ring (bicyclic) bond motifs is 2. The topological polar surface area (TPSA) is 220 Å². The lowest BCUT2D eigenvalue weighted by Crippen LogP contribution is -2.43. The number of hydrogen-bond donors (Lipinski definition) is 6. The first-order valence-electron chi connectivity index (χ1n) is 21.8. The fraction of sp³-hybridized carbons (Fsp3) is 0.280. The second-order valence-electron chi connectivity index (χ2n) is 18.0. The standard InChI is InChI=1S/C50H56N6O9SSi/c1-30-23-37(26-39-44(30)53-27-40(48(51)59)45(39)54-34-13-9-14-35(25-34)63-5)66(61,62)36-15-8-12-32(24-36)49(60)55-33-18-16-31(17-19-33)11-10-22-52-28-42(65-67(6,7)50(2,3)4)38-20-21-41(57)46-47(38)64-29-43(58)56-46/h8-9,12-21,23-27,42,52,57H,10-11,22,28-29H2,1-7H3,(H2,51,59)(H,53,54)(H,55,60)(H,56,58)/t42-/m0/s1. The van der Waals surface area contributed by atoms with Gasteiger partial charge in [0.15, 0.2) is 20.7 Å². The van der Waals surface area contributed by atoms with Crippen LogP contribution in [0.3, 0.4) is 0 Å². The summed E-state index contributed by atoms with van der Waals surface area (Å²) in [5.41, 5.74) is 10.5. The number of rotatable bonds is 17. The molecule has 0 fully saturated rings. The SMILES string of the molecule is COc1cccc(Nc2c(C(N)=O)cnc3c(C)cc(S(=O)(=O)c4cccc(C(=O)Nc5ccc(CCCNC[C@H](O[Si](C)(C)C(C)(C)C)c6ccc(O)c7c6OCC(=O)N7)cc5)c4)cc23)c1. The second-order valence-corrected chi connectivity index (χ2v) is 24.7. The van der Waals surface area contributed by atoms with Crippen molar-refractivity contribution >= 4 is 69.5 Å². The fourth-order valence-corrected chi connectivity index (χ4v) is 10.2. The third-order valence-corrected chi connectivity index (χ3v) is 18.4. The predicted molar refractivity (Wildman–Crippen MR) is 262 cm³/mol. The third kappa shape index (κ3) is 10.8. The molecule has 15 nitrogen and oxygen atoms in total. The smallest absolute Gasteiger partial charge is 0.262 e. The molecule has 7 rings (SSSR count). The first-order chi connectivity index (χ1) is 31.7. The maximum atomic E-state index is 14.2. The average Bonchev–Trinajstić information content (AvgIpc) is 3.29. The highest BCUT2D eigenvalue weighted by atomic mass is 32.2. The van der Waals surface area contributed by atoms with Gasteiger partial charge in [0.05, 0.1) is 39.8 Å². The summed E-state index contributed by atoms with van der Waals surface area (Å²) in [6, 6.07) is 26.7. The molecular weight excluding hydrogens is 889 g/mol. The van der Waals surface area contributed by atoms with Crippen LogP contribution in [0.15, 0.2) is 113 Å². The summed E-state index contributed by atoms with van der Waals surface area (Å²) < 4.78 is 46.5. The highest BCUT2D eigenvalue weighted by molar-refractivity contribution is 7.91. The first-order valence-corrected chi connectivity index (χ1v) is 26.2. The number of aryl methyl sites for hydroxylation is 2. The molecule has 0 saturated heterocycles. The number of amides is 3. The molecule has 2 heterocycles. The number of ether oxygens (including phenoxy) is 2. The van der Waals surface area contributed by atoms with Crippen LogP contribution in [0.1, 0.15) is 70.7 Å². The lowest BCUT2D eigenvalue weighted by Gasteiger charge is -2.40. The number of anilines is 4. The molecule has 1 atom stereocenters. The molecule has 1 aliphatic rings. The number of aromatic hydroxyl groups is 1. The molecule has 1 aliphatic heterocycles. The molecular formula is C50H56N6O9SSi. The molecule has 0 unspecified atom stereocenters. The van der Waals surface area contributed by atoms with Crippen LogP contribution in [0.5, 0.6) is 17.2 Å². The van der Waals surface area contributed by atoms with Crippen molar-refractivity contribution in [3.8, 4) is 17.2 Å². The van der Waals surface area contributed by atoms with E-state index in [1.807, 2.05) is 12.1 Å². The number of aromatic nitrogens is 1. The number of hydrogen-bond acceptors (Lipinski definition) is 12. The molecule has 0 bridgehead atoms. The number of nitrogens with two attached hydrogens (primary N) is 1. The number of nitrogens with zero attached hydrogens (tertiary/aromatic N) is 1. The number of carbonyl (C=O) groups excluding carboxylic acids is 3. The minimum atomic E-state index is -4.19. The van der Waals surface area contributed by atoms with Crippen molar-refractivity contribution in [2.45, 2.75) is 74.6 Å². The van der Waals surface area contributed by atoms with Gasteiger partial charge in [-0.1, -0.05) is 45.0 Å². The highest BCUT2D eigenvalue weighted by Crippen LogP contribution is 2.46. The van der Waals surface area contributed by atoms with E-state index in [-0.39, 0.29) is 55.6 Å². The van der Waals surface area contributed by atoms with Crippen molar-refractivity contribution in [1.82, 2.24) is 10.3 Å². The number of sulfone groups is 1. The number of primary amides is 1. The maximum Gasteiger partial charge on any atom is 0.262 e. The van der Waals surface area contributed by atoms with Crippen LogP contribution in [0.25, 0.3) is 10.9 Å². The van der Waals surface area contributed by atoms with Crippen molar-refractivity contribution in [2.75, 3.05) is 42.8 Å². The van der Waals surface area contributed by atoms with Gasteiger partial charge in [-0.3, -0.25) is 19.4 Å². The van der Waals surface area contributed by atoms with Crippen LogP contribution in [-0.2, 0) is 25.5 Å². The van der Waals surface area contributed by atoms with Gasteiger partial charge in [-0.05, 0) is 122 Å². The van der Waals surface area contributed by atoms with E-state index in [0.717, 1.165) is 24.0 Å². The summed E-state index contributed by atoms with van der Waals surface area (Å²) in [6.07, 6.45) is 2.53. The van der Waals surface area contributed by atoms with Crippen LogP contribution < -0.4 is 36.5 Å². The number of pyridine rings is 1. The van der Waals surface area contributed by atoms with Crippen LogP contribution in [0, 0.1) is 6.92 Å². The van der Waals surface area contributed by atoms with Crippen molar-refractivity contribution in [3.05, 3.63) is 131 Å². The molecule has 6 aromatic rings. The Kier molecular flexibility index (Phi) is 14.1. The number of benzene rings is 5. The molecule has 0 saturated carbocycles. The van der Waals surface area contributed by atoms with Crippen molar-refractivity contribution in [3.63, 3.8) is 0 Å². The van der Waals surface area contributed by atoms with E-state index in [9.17, 15) is 27.9 Å². The van der Waals surface area contributed by atoms with E-state index in [1.54, 1.807) is 61.5 Å². The monoisotopic (exact) mass is 944 g/mol. The van der Waals surface area contributed by atoms with E-state index in [1.165, 1.54) is 43.6 Å². The average molecular weight is 945 g/mol. The normalized spacial score (nSPS) is 13.3. The lowest BCUT2D eigenvalue weighted by molar-refractivity contribution is -0.118. The molecule has 7 N–H and O–H groups in total. The van der Waals surface area contributed by atoms with Gasteiger partial charge in [-0.15, -0.1) is 0 Å². The van der Waals surface area contributed by atoms with Gasteiger partial charge in [0.1, 0.15) is 17.2 Å². The molecule has 1 aromatic heterocycles. The maximum absolute atomic E-state index is 14.2. The van der Waals surface area contributed by atoms with Gasteiger partial charge in [-0.2, -0.15) is 0 Å². The number of nitrogens with one attached hydrogen (secondary N) is 4. The van der Waals surface area contributed by atoms with Gasteiger partial charge < -0.3 is 46.0 Å².